The molecule has 194 valence electrons. The first-order chi connectivity index (χ1) is 18.4. The molecular weight excluding hydrogens is 513 g/mol. The van der Waals surface area contributed by atoms with Gasteiger partial charge in [-0.25, -0.2) is 18.7 Å². The number of carbonyl (C=O) groups is 1. The number of anilines is 1. The number of pyridine rings is 2. The highest BCUT2D eigenvalue weighted by molar-refractivity contribution is 6.29. The first-order valence-electron chi connectivity index (χ1n) is 12.2. The van der Waals surface area contributed by atoms with Gasteiger partial charge in [0.15, 0.2) is 5.82 Å². The summed E-state index contributed by atoms with van der Waals surface area (Å²) in [6, 6.07) is 18.4. The lowest BCUT2D eigenvalue weighted by Crippen LogP contribution is -2.33. The minimum atomic E-state index is -1.19. The molecule has 3 heterocycles. The van der Waals surface area contributed by atoms with Crippen molar-refractivity contribution in [3.8, 4) is 11.1 Å². The van der Waals surface area contributed by atoms with Gasteiger partial charge >= 0.3 is 0 Å². The third-order valence-corrected chi connectivity index (χ3v) is 6.92. The fourth-order valence-electron chi connectivity index (χ4n) is 4.70. The summed E-state index contributed by atoms with van der Waals surface area (Å²) in [5, 5.41) is 2.81. The Balaban J connectivity index is 1.24. The SMILES string of the molecule is O=C(Nc1cc(F)c(F)nc1C1CCN(Cc2ccc(-c3ccc(F)cc3)cc2)CC1)c1ccnc(Cl)c1. The number of amides is 1. The fraction of sp³-hybridized carbons (Fsp3) is 0.207. The molecule has 38 heavy (non-hydrogen) atoms. The van der Waals surface area contributed by atoms with Crippen LogP contribution >= 0.6 is 11.6 Å². The lowest BCUT2D eigenvalue weighted by molar-refractivity contribution is 0.102. The van der Waals surface area contributed by atoms with Gasteiger partial charge in [0, 0.05) is 30.3 Å². The Morgan fingerprint density at radius 1 is 0.947 bits per heavy atom. The lowest BCUT2D eigenvalue weighted by atomic mass is 9.91. The number of hydrogen-bond donors (Lipinski definition) is 1. The summed E-state index contributed by atoms with van der Waals surface area (Å²) in [4.78, 5) is 22.7. The van der Waals surface area contributed by atoms with E-state index in [2.05, 4.69) is 32.3 Å². The predicted molar refractivity (Wildman–Crippen MR) is 140 cm³/mol. The second-order valence-corrected chi connectivity index (χ2v) is 9.66. The van der Waals surface area contributed by atoms with Crippen molar-refractivity contribution in [2.24, 2.45) is 0 Å². The molecule has 5 nitrogen and oxygen atoms in total. The maximum atomic E-state index is 14.1. The number of nitrogens with zero attached hydrogens (tertiary/aromatic N) is 3. The summed E-state index contributed by atoms with van der Waals surface area (Å²) in [6.45, 7) is 2.21. The van der Waals surface area contributed by atoms with E-state index in [1.807, 2.05) is 12.1 Å². The summed E-state index contributed by atoms with van der Waals surface area (Å²) < 4.78 is 41.4. The van der Waals surface area contributed by atoms with Crippen molar-refractivity contribution >= 4 is 23.2 Å². The van der Waals surface area contributed by atoms with Gasteiger partial charge in [0.2, 0.25) is 5.95 Å². The van der Waals surface area contributed by atoms with Crippen molar-refractivity contribution < 1.29 is 18.0 Å². The van der Waals surface area contributed by atoms with Crippen LogP contribution in [0.2, 0.25) is 5.15 Å². The molecule has 5 rings (SSSR count). The molecule has 9 heteroatoms. The zero-order valence-electron chi connectivity index (χ0n) is 20.3. The molecule has 2 aromatic carbocycles. The van der Waals surface area contributed by atoms with Gasteiger partial charge in [-0.15, -0.1) is 0 Å². The Kier molecular flexibility index (Phi) is 7.72. The van der Waals surface area contributed by atoms with Crippen molar-refractivity contribution in [2.75, 3.05) is 18.4 Å². The quantitative estimate of drug-likeness (QED) is 0.274. The highest BCUT2D eigenvalue weighted by Crippen LogP contribution is 2.33. The molecule has 1 N–H and O–H groups in total. The molecule has 1 fully saturated rings. The normalized spacial score (nSPS) is 14.4. The lowest BCUT2D eigenvalue weighted by Gasteiger charge is -2.32. The molecule has 0 saturated carbocycles. The highest BCUT2D eigenvalue weighted by Gasteiger charge is 2.26. The Bertz CT molecular complexity index is 1440. The number of likely N-dealkylation sites (tertiary alicyclic amines) is 1. The molecule has 0 unspecified atom stereocenters. The van der Waals surface area contributed by atoms with Crippen molar-refractivity contribution in [3.63, 3.8) is 0 Å². The van der Waals surface area contributed by atoms with E-state index in [-0.39, 0.29) is 28.1 Å². The first kappa shape index (κ1) is 25.9. The average Bonchev–Trinajstić information content (AvgIpc) is 2.92. The number of aromatic nitrogens is 2. The molecule has 1 amide bonds. The maximum absolute atomic E-state index is 14.1. The predicted octanol–water partition coefficient (Wildman–Crippen LogP) is 6.85. The van der Waals surface area contributed by atoms with E-state index in [1.165, 1.54) is 30.5 Å². The van der Waals surface area contributed by atoms with Gasteiger partial charge in [0.25, 0.3) is 5.91 Å². The monoisotopic (exact) mass is 536 g/mol. The largest absolute Gasteiger partial charge is 0.320 e. The van der Waals surface area contributed by atoms with Crippen LogP contribution in [0.1, 0.15) is 40.4 Å². The molecule has 1 aliphatic heterocycles. The van der Waals surface area contributed by atoms with E-state index in [9.17, 15) is 18.0 Å². The van der Waals surface area contributed by atoms with Gasteiger partial charge in [-0.3, -0.25) is 9.69 Å². The average molecular weight is 537 g/mol. The van der Waals surface area contributed by atoms with Crippen LogP contribution in [0, 0.1) is 17.6 Å². The van der Waals surface area contributed by atoms with Gasteiger partial charge in [-0.05, 0) is 66.9 Å². The molecule has 4 aromatic rings. The minimum absolute atomic E-state index is 0.140. The summed E-state index contributed by atoms with van der Waals surface area (Å²) in [6.07, 6.45) is 2.75. The standard InChI is InChI=1S/C29H24ClF3N4O/c30-26-15-22(9-12-34-26)29(38)35-25-16-24(32)28(33)36-27(25)21-10-13-37(14-11-21)17-18-1-3-19(4-2-18)20-5-7-23(31)8-6-20/h1-9,12,15-16,21H,10-11,13-14,17H2,(H,35,38). The van der Waals surface area contributed by atoms with Crippen LogP contribution in [0.3, 0.4) is 0 Å². The van der Waals surface area contributed by atoms with Crippen LogP contribution < -0.4 is 5.32 Å². The van der Waals surface area contributed by atoms with Crippen molar-refractivity contribution in [1.82, 2.24) is 14.9 Å². The molecule has 0 atom stereocenters. The zero-order chi connectivity index (χ0) is 26.6. The number of benzene rings is 2. The molecule has 1 aliphatic rings. The number of rotatable bonds is 6. The Morgan fingerprint density at radius 3 is 2.26 bits per heavy atom. The third-order valence-electron chi connectivity index (χ3n) is 6.71. The van der Waals surface area contributed by atoms with Crippen molar-refractivity contribution in [1.29, 1.82) is 0 Å². The van der Waals surface area contributed by atoms with Gasteiger partial charge in [-0.1, -0.05) is 48.0 Å². The number of piperidine rings is 1. The Morgan fingerprint density at radius 2 is 1.61 bits per heavy atom. The van der Waals surface area contributed by atoms with Gasteiger partial charge in [0.05, 0.1) is 11.4 Å². The van der Waals surface area contributed by atoms with E-state index < -0.39 is 17.7 Å². The molecule has 0 bridgehead atoms. The minimum Gasteiger partial charge on any atom is -0.320 e. The Labute approximate surface area is 223 Å². The fourth-order valence-corrected chi connectivity index (χ4v) is 4.87. The smallest absolute Gasteiger partial charge is 0.255 e. The van der Waals surface area contributed by atoms with E-state index >= 15 is 0 Å². The summed E-state index contributed by atoms with van der Waals surface area (Å²) in [5.41, 5.74) is 3.84. The number of nitrogens with one attached hydrogen (secondary N) is 1. The number of halogens is 4. The first-order valence-corrected chi connectivity index (χ1v) is 12.6. The van der Waals surface area contributed by atoms with Crippen LogP contribution in [0.15, 0.2) is 72.9 Å². The molecular formula is C29H24ClF3N4O. The number of hydrogen-bond acceptors (Lipinski definition) is 4. The van der Waals surface area contributed by atoms with E-state index in [1.54, 1.807) is 12.1 Å². The third kappa shape index (κ3) is 6.03. The van der Waals surface area contributed by atoms with Crippen LogP contribution in [0.5, 0.6) is 0 Å². The summed E-state index contributed by atoms with van der Waals surface area (Å²) in [7, 11) is 0. The second kappa shape index (κ2) is 11.3. The maximum Gasteiger partial charge on any atom is 0.255 e. The van der Waals surface area contributed by atoms with Crippen molar-refractivity contribution in [3.05, 3.63) is 112 Å². The van der Waals surface area contributed by atoms with Crippen LogP contribution in [-0.4, -0.2) is 33.9 Å². The second-order valence-electron chi connectivity index (χ2n) is 9.27. The van der Waals surface area contributed by atoms with Crippen LogP contribution in [0.4, 0.5) is 18.9 Å². The topological polar surface area (TPSA) is 58.1 Å². The van der Waals surface area contributed by atoms with E-state index in [4.69, 9.17) is 11.6 Å². The summed E-state index contributed by atoms with van der Waals surface area (Å²) >= 11 is 5.87. The molecule has 1 saturated heterocycles. The van der Waals surface area contributed by atoms with E-state index in [0.29, 0.717) is 18.5 Å². The van der Waals surface area contributed by atoms with Crippen LogP contribution in [-0.2, 0) is 6.54 Å². The van der Waals surface area contributed by atoms with Crippen molar-refractivity contribution in [2.45, 2.75) is 25.3 Å². The number of carbonyl (C=O) groups excluding carboxylic acids is 1. The molecule has 0 radical (unpaired) electrons. The molecule has 0 aliphatic carbocycles. The zero-order valence-corrected chi connectivity index (χ0v) is 21.1. The summed E-state index contributed by atoms with van der Waals surface area (Å²) in [5.74, 6) is -3.23. The van der Waals surface area contributed by atoms with Gasteiger partial charge in [-0.2, -0.15) is 4.39 Å². The van der Waals surface area contributed by atoms with Gasteiger partial charge in [0.1, 0.15) is 11.0 Å². The van der Waals surface area contributed by atoms with Crippen LogP contribution in [0.25, 0.3) is 11.1 Å². The highest BCUT2D eigenvalue weighted by atomic mass is 35.5. The van der Waals surface area contributed by atoms with Gasteiger partial charge < -0.3 is 5.32 Å². The molecule has 2 aromatic heterocycles. The Hall–Kier alpha value is -3.75. The van der Waals surface area contributed by atoms with E-state index in [0.717, 1.165) is 42.4 Å². The molecule has 0 spiro atoms.